The van der Waals surface area contributed by atoms with Crippen LogP contribution >= 0.6 is 12.6 Å². The summed E-state index contributed by atoms with van der Waals surface area (Å²) in [5, 5.41) is 17.7. The Hall–Kier alpha value is -0.260. The van der Waals surface area contributed by atoms with Gasteiger partial charge < -0.3 is 15.8 Å². The van der Waals surface area contributed by atoms with Crippen LogP contribution in [0.15, 0.2) is 0 Å². The molecule has 0 aliphatic carbocycles. The minimum atomic E-state index is -1.17. The Morgan fingerprint density at radius 3 is 2.50 bits per heavy atom. The fourth-order valence-corrected chi connectivity index (χ4v) is 0.396. The molecule has 0 unspecified atom stereocenters. The van der Waals surface area contributed by atoms with Gasteiger partial charge in [-0.25, -0.2) is 0 Å². The molecule has 0 amide bonds. The molecular weight excluding hydrogens is 130 g/mol. The van der Waals surface area contributed by atoms with Crippen molar-refractivity contribution in [2.45, 2.75) is 6.04 Å². The molecule has 0 saturated carbocycles. The predicted molar refractivity (Wildman–Crippen MR) is 31.8 cm³/mol. The van der Waals surface area contributed by atoms with Crippen LogP contribution < -0.4 is 5.48 Å². The smallest absolute Gasteiger partial charge is 0.320 e. The Labute approximate surface area is 51.9 Å². The molecule has 2 N–H and O–H groups in total. The summed E-state index contributed by atoms with van der Waals surface area (Å²) in [7, 11) is 0. The summed E-state index contributed by atoms with van der Waals surface area (Å²) < 4.78 is 0. The molecule has 0 aliphatic rings. The number of carboxylic acid groups (broad SMARTS) is 1. The minimum Gasteiger partial charge on any atom is -0.787 e. The van der Waals surface area contributed by atoms with Gasteiger partial charge in [0.05, 0.1) is 0 Å². The monoisotopic (exact) mass is 136 g/mol. The molecule has 0 bridgehead atoms. The number of hydroxylamine groups is 1. The summed E-state index contributed by atoms with van der Waals surface area (Å²) in [6.45, 7) is 0. The molecule has 0 heterocycles. The van der Waals surface area contributed by atoms with E-state index in [1.165, 1.54) is 5.48 Å². The highest BCUT2D eigenvalue weighted by molar-refractivity contribution is 7.80. The zero-order chi connectivity index (χ0) is 6.57. The van der Waals surface area contributed by atoms with Crippen molar-refractivity contribution < 1.29 is 9.90 Å². The fourth-order valence-electron chi connectivity index (χ4n) is 0.166. The number of nitrogens with one attached hydrogen (secondary N) is 1. The van der Waals surface area contributed by atoms with Crippen molar-refractivity contribution in [1.29, 1.82) is 0 Å². The normalized spacial score (nSPS) is 13.2. The highest BCUT2D eigenvalue weighted by Gasteiger charge is 2.07. The largest absolute Gasteiger partial charge is 0.787 e. The van der Waals surface area contributed by atoms with Gasteiger partial charge >= 0.3 is 5.97 Å². The SMILES string of the molecule is O=C(O)[C@H](CS)N[O-]. The summed E-state index contributed by atoms with van der Waals surface area (Å²) in [6, 6.07) is -1.07. The quantitative estimate of drug-likeness (QED) is 0.360. The van der Waals surface area contributed by atoms with Crippen LogP contribution in [-0.2, 0) is 4.79 Å². The summed E-state index contributed by atoms with van der Waals surface area (Å²) in [5.74, 6) is -1.16. The van der Waals surface area contributed by atoms with E-state index >= 15 is 0 Å². The highest BCUT2D eigenvalue weighted by Crippen LogP contribution is 1.84. The third-order valence-corrected chi connectivity index (χ3v) is 0.988. The topological polar surface area (TPSA) is 72.4 Å². The lowest BCUT2D eigenvalue weighted by molar-refractivity contribution is -0.138. The lowest BCUT2D eigenvalue weighted by atomic mass is 10.4. The first-order valence-corrected chi connectivity index (χ1v) is 2.57. The molecule has 0 radical (unpaired) electrons. The Kier molecular flexibility index (Phi) is 3.59. The number of aliphatic carboxylic acids is 1. The summed E-state index contributed by atoms with van der Waals surface area (Å²) in [6.07, 6.45) is 0. The van der Waals surface area contributed by atoms with Crippen molar-refractivity contribution >= 4 is 18.6 Å². The molecule has 8 heavy (non-hydrogen) atoms. The van der Waals surface area contributed by atoms with Gasteiger partial charge in [0, 0.05) is 5.75 Å². The van der Waals surface area contributed by atoms with E-state index in [2.05, 4.69) is 12.6 Å². The molecule has 0 saturated heterocycles. The van der Waals surface area contributed by atoms with Gasteiger partial charge in [-0.2, -0.15) is 12.6 Å². The van der Waals surface area contributed by atoms with Gasteiger partial charge in [-0.3, -0.25) is 4.79 Å². The van der Waals surface area contributed by atoms with Gasteiger partial charge in [0.25, 0.3) is 0 Å². The van der Waals surface area contributed by atoms with Crippen molar-refractivity contribution in [2.75, 3.05) is 5.75 Å². The minimum absolute atomic E-state index is 0.0127. The van der Waals surface area contributed by atoms with Crippen LogP contribution in [0.1, 0.15) is 0 Å². The van der Waals surface area contributed by atoms with Crippen LogP contribution in [0.3, 0.4) is 0 Å². The van der Waals surface area contributed by atoms with E-state index < -0.39 is 12.0 Å². The summed E-state index contributed by atoms with van der Waals surface area (Å²) in [5.41, 5.74) is 1.33. The van der Waals surface area contributed by atoms with E-state index in [-0.39, 0.29) is 5.75 Å². The van der Waals surface area contributed by atoms with E-state index in [9.17, 15) is 10.0 Å². The maximum Gasteiger partial charge on any atom is 0.320 e. The molecule has 0 aromatic rings. The second kappa shape index (κ2) is 3.71. The molecule has 0 fully saturated rings. The molecule has 0 spiro atoms. The molecule has 1 atom stereocenters. The fraction of sp³-hybridized carbons (Fsp3) is 0.667. The van der Waals surface area contributed by atoms with Crippen LogP contribution in [-0.4, -0.2) is 22.9 Å². The van der Waals surface area contributed by atoms with E-state index in [4.69, 9.17) is 5.11 Å². The predicted octanol–water partition coefficient (Wildman–Crippen LogP) is -0.543. The molecule has 48 valence electrons. The van der Waals surface area contributed by atoms with Gasteiger partial charge in [0.1, 0.15) is 6.04 Å². The number of hydrogen-bond donors (Lipinski definition) is 3. The molecule has 5 heteroatoms. The first-order valence-electron chi connectivity index (χ1n) is 1.93. The Bertz CT molecular complexity index is 82.6. The molecular formula is C3H6NO3S-. The summed E-state index contributed by atoms with van der Waals surface area (Å²) in [4.78, 5) is 9.85. The lowest BCUT2D eigenvalue weighted by Gasteiger charge is -2.13. The van der Waals surface area contributed by atoms with Gasteiger partial charge in [-0.15, -0.1) is 0 Å². The first-order chi connectivity index (χ1) is 3.72. The standard InChI is InChI=1S/C3H6NO3S/c5-3(6)2(1-8)4-7/h2,4,8H,1H2,(H,5,6)/q-1/t2-/m0/s1. The van der Waals surface area contributed by atoms with Crippen molar-refractivity contribution in [1.82, 2.24) is 5.48 Å². The van der Waals surface area contributed by atoms with E-state index in [0.29, 0.717) is 0 Å². The van der Waals surface area contributed by atoms with Gasteiger partial charge in [0.2, 0.25) is 0 Å². The van der Waals surface area contributed by atoms with E-state index in [1.54, 1.807) is 0 Å². The van der Waals surface area contributed by atoms with Crippen molar-refractivity contribution in [2.24, 2.45) is 0 Å². The molecule has 0 aromatic carbocycles. The third-order valence-electron chi connectivity index (χ3n) is 0.623. The zero-order valence-corrected chi connectivity index (χ0v) is 4.89. The molecule has 0 aromatic heterocycles. The van der Waals surface area contributed by atoms with Crippen molar-refractivity contribution in [3.05, 3.63) is 5.21 Å². The van der Waals surface area contributed by atoms with Crippen molar-refractivity contribution in [3.63, 3.8) is 0 Å². The van der Waals surface area contributed by atoms with Crippen LogP contribution in [0, 0.1) is 5.21 Å². The average molecular weight is 136 g/mol. The lowest BCUT2D eigenvalue weighted by Crippen LogP contribution is -2.34. The molecule has 0 rings (SSSR count). The third kappa shape index (κ3) is 2.15. The number of carboxylic acids is 1. The first kappa shape index (κ1) is 7.74. The molecule has 0 aliphatic heterocycles. The Morgan fingerprint density at radius 2 is 2.50 bits per heavy atom. The van der Waals surface area contributed by atoms with Gasteiger partial charge in [-0.05, 0) is 0 Å². The number of carbonyl (C=O) groups is 1. The van der Waals surface area contributed by atoms with E-state index in [0.717, 1.165) is 0 Å². The average Bonchev–Trinajstić information content (AvgIpc) is 1.69. The number of hydrogen-bond acceptors (Lipinski definition) is 4. The highest BCUT2D eigenvalue weighted by atomic mass is 32.1. The zero-order valence-electron chi connectivity index (χ0n) is 4.00. The Morgan fingerprint density at radius 1 is 2.00 bits per heavy atom. The van der Waals surface area contributed by atoms with Gasteiger partial charge in [0.15, 0.2) is 0 Å². The molecule has 4 nitrogen and oxygen atoms in total. The van der Waals surface area contributed by atoms with Gasteiger partial charge in [-0.1, -0.05) is 0 Å². The number of rotatable bonds is 3. The second-order valence-electron chi connectivity index (χ2n) is 1.19. The Balaban J connectivity index is 3.52. The van der Waals surface area contributed by atoms with Crippen LogP contribution in [0.5, 0.6) is 0 Å². The second-order valence-corrected chi connectivity index (χ2v) is 1.56. The van der Waals surface area contributed by atoms with Crippen LogP contribution in [0.25, 0.3) is 0 Å². The maximum absolute atomic E-state index is 9.85. The van der Waals surface area contributed by atoms with Crippen LogP contribution in [0.4, 0.5) is 0 Å². The number of thiol groups is 1. The van der Waals surface area contributed by atoms with E-state index in [1.807, 2.05) is 0 Å². The van der Waals surface area contributed by atoms with Crippen LogP contribution in [0.2, 0.25) is 0 Å². The maximum atomic E-state index is 9.85. The summed E-state index contributed by atoms with van der Waals surface area (Å²) >= 11 is 3.59. The van der Waals surface area contributed by atoms with Crippen molar-refractivity contribution in [3.8, 4) is 0 Å².